The molecule has 0 unspecified atom stereocenters. The summed E-state index contributed by atoms with van der Waals surface area (Å²) >= 11 is 0. The van der Waals surface area contributed by atoms with E-state index in [-0.39, 0.29) is 0 Å². The van der Waals surface area contributed by atoms with Gasteiger partial charge in [-0.3, -0.25) is 0 Å². The third-order valence-electron chi connectivity index (χ3n) is 15.8. The third kappa shape index (κ3) is 6.19. The quantitative estimate of drug-likeness (QED) is 0.161. The zero-order valence-corrected chi connectivity index (χ0v) is 40.1. The van der Waals surface area contributed by atoms with Crippen molar-refractivity contribution in [1.82, 2.24) is 0 Å². The van der Waals surface area contributed by atoms with Crippen LogP contribution >= 0.6 is 0 Å². The van der Waals surface area contributed by atoms with Crippen LogP contribution in [-0.2, 0) is 0 Å². The van der Waals surface area contributed by atoms with E-state index in [4.69, 9.17) is 8.83 Å². The molecule has 0 spiro atoms. The fourth-order valence-corrected chi connectivity index (χ4v) is 12.4. The van der Waals surface area contributed by atoms with Crippen LogP contribution in [0.4, 0.5) is 0 Å². The summed E-state index contributed by atoms with van der Waals surface area (Å²) in [6.07, 6.45) is 0. The largest absolute Gasteiger partial charge is 0.456 e. The van der Waals surface area contributed by atoms with Gasteiger partial charge in [0, 0.05) is 21.5 Å². The van der Waals surface area contributed by atoms with Gasteiger partial charge in [0.05, 0.1) is 0 Å². The molecule has 2 heterocycles. The number of benzene rings is 14. The van der Waals surface area contributed by atoms with E-state index in [1.54, 1.807) is 0 Å². The third-order valence-corrected chi connectivity index (χ3v) is 15.8. The van der Waals surface area contributed by atoms with Gasteiger partial charge in [0.2, 0.25) is 0 Å². The minimum Gasteiger partial charge on any atom is -0.456 e. The second-order valence-electron chi connectivity index (χ2n) is 19.9. The van der Waals surface area contributed by atoms with Gasteiger partial charge in [-0.25, -0.2) is 0 Å². The second-order valence-corrected chi connectivity index (χ2v) is 19.9. The molecule has 16 rings (SSSR count). The summed E-state index contributed by atoms with van der Waals surface area (Å²) < 4.78 is 12.5. The number of para-hydroxylation sites is 2. The molecule has 0 aliphatic rings. The maximum absolute atomic E-state index is 6.26. The molecule has 16 aromatic rings. The van der Waals surface area contributed by atoms with E-state index >= 15 is 0 Å². The summed E-state index contributed by atoms with van der Waals surface area (Å²) in [4.78, 5) is 0. The Balaban J connectivity index is 0.814. The molecule has 2 aromatic heterocycles. The molecule has 0 aliphatic carbocycles. The lowest BCUT2D eigenvalue weighted by molar-refractivity contribution is 0.668. The molecule has 0 bridgehead atoms. The molecule has 0 radical (unpaired) electrons. The van der Waals surface area contributed by atoms with Gasteiger partial charge in [-0.2, -0.15) is 0 Å². The summed E-state index contributed by atoms with van der Waals surface area (Å²) in [5, 5.41) is 19.3. The predicted molar refractivity (Wildman–Crippen MR) is 313 cm³/mol. The van der Waals surface area contributed by atoms with Crippen molar-refractivity contribution in [2.45, 2.75) is 0 Å². The van der Waals surface area contributed by atoms with Gasteiger partial charge in [-0.15, -0.1) is 0 Å². The number of hydrogen-bond donors (Lipinski definition) is 0. The molecular formula is C72H42O2. The number of rotatable bonds is 5. The second kappa shape index (κ2) is 15.9. The highest BCUT2D eigenvalue weighted by Crippen LogP contribution is 2.48. The Morgan fingerprint density at radius 2 is 0.405 bits per heavy atom. The molecular weight excluding hydrogens is 897 g/mol. The monoisotopic (exact) mass is 938 g/mol. The van der Waals surface area contributed by atoms with E-state index in [1.807, 2.05) is 24.3 Å². The van der Waals surface area contributed by atoms with Gasteiger partial charge in [-0.05, 0) is 181 Å². The summed E-state index contributed by atoms with van der Waals surface area (Å²) in [6, 6.07) is 93.4. The fourth-order valence-electron chi connectivity index (χ4n) is 12.4. The van der Waals surface area contributed by atoms with Crippen LogP contribution in [0.2, 0.25) is 0 Å². The maximum atomic E-state index is 6.26. The van der Waals surface area contributed by atoms with E-state index in [0.717, 1.165) is 43.9 Å². The Hall–Kier alpha value is -9.76. The van der Waals surface area contributed by atoms with Crippen LogP contribution in [-0.4, -0.2) is 0 Å². The van der Waals surface area contributed by atoms with Crippen LogP contribution in [0.3, 0.4) is 0 Å². The number of fused-ring (bicyclic) bond motifs is 12. The van der Waals surface area contributed by atoms with Crippen molar-refractivity contribution in [1.29, 1.82) is 0 Å². The molecule has 342 valence electrons. The Morgan fingerprint density at radius 3 is 0.743 bits per heavy atom. The van der Waals surface area contributed by atoms with Crippen molar-refractivity contribution < 1.29 is 8.83 Å². The van der Waals surface area contributed by atoms with E-state index in [2.05, 4.69) is 231 Å². The molecule has 0 amide bonds. The Bertz CT molecular complexity index is 4600. The van der Waals surface area contributed by atoms with Crippen molar-refractivity contribution in [2.24, 2.45) is 0 Å². The summed E-state index contributed by atoms with van der Waals surface area (Å²) in [5.74, 6) is 0. The Morgan fingerprint density at radius 1 is 0.162 bits per heavy atom. The van der Waals surface area contributed by atoms with Gasteiger partial charge in [0.1, 0.15) is 22.3 Å². The van der Waals surface area contributed by atoms with Crippen LogP contribution in [0.5, 0.6) is 0 Å². The Kier molecular flexibility index (Phi) is 8.78. The summed E-state index contributed by atoms with van der Waals surface area (Å²) in [5.41, 5.74) is 15.8. The van der Waals surface area contributed by atoms with E-state index < -0.39 is 0 Å². The van der Waals surface area contributed by atoms with Crippen molar-refractivity contribution in [2.75, 3.05) is 0 Å². The van der Waals surface area contributed by atoms with Crippen LogP contribution in [0, 0.1) is 0 Å². The summed E-state index contributed by atoms with van der Waals surface area (Å²) in [6.45, 7) is 0. The minimum absolute atomic E-state index is 0.906. The molecule has 2 heteroatoms. The van der Waals surface area contributed by atoms with Crippen LogP contribution in [0.25, 0.3) is 164 Å². The molecule has 0 fully saturated rings. The first-order chi connectivity index (χ1) is 36.7. The normalized spacial score (nSPS) is 12.1. The first-order valence-electron chi connectivity index (χ1n) is 25.5. The number of furan rings is 2. The number of hydrogen-bond acceptors (Lipinski definition) is 2. The van der Waals surface area contributed by atoms with Gasteiger partial charge in [-0.1, -0.05) is 194 Å². The first-order valence-corrected chi connectivity index (χ1v) is 25.5. The topological polar surface area (TPSA) is 26.3 Å². The summed E-state index contributed by atoms with van der Waals surface area (Å²) in [7, 11) is 0. The smallest absolute Gasteiger partial charge is 0.135 e. The predicted octanol–water partition coefficient (Wildman–Crippen LogP) is 20.7. The first kappa shape index (κ1) is 40.9. The minimum atomic E-state index is 0.906. The molecule has 0 aliphatic heterocycles. The Labute approximate surface area is 425 Å². The van der Waals surface area contributed by atoms with Gasteiger partial charge >= 0.3 is 0 Å². The van der Waals surface area contributed by atoms with E-state index in [0.29, 0.717) is 0 Å². The zero-order chi connectivity index (χ0) is 48.4. The highest BCUT2D eigenvalue weighted by molar-refractivity contribution is 6.24. The molecule has 14 aromatic carbocycles. The van der Waals surface area contributed by atoms with Gasteiger partial charge < -0.3 is 8.83 Å². The molecule has 0 atom stereocenters. The van der Waals surface area contributed by atoms with Gasteiger partial charge in [0.25, 0.3) is 0 Å². The fraction of sp³-hybridized carbons (Fsp3) is 0. The van der Waals surface area contributed by atoms with Crippen LogP contribution in [0.15, 0.2) is 264 Å². The van der Waals surface area contributed by atoms with Crippen molar-refractivity contribution in [3.63, 3.8) is 0 Å². The van der Waals surface area contributed by atoms with Gasteiger partial charge in [0.15, 0.2) is 0 Å². The SMILES string of the molecule is c1ccc2c(c1)oc1ccc(-c3c4ccccc4c(-c4ccc5ccc(-c6ccc7ccc(-c8c9ccccc9c(-c9ccc%10oc%11ccccc%11c%10c9)c9ccccc89)cc7c6)cc5c4)c4ccccc34)cc12. The van der Waals surface area contributed by atoms with Crippen molar-refractivity contribution in [3.8, 4) is 55.6 Å². The average Bonchev–Trinajstić information content (AvgIpc) is 4.04. The van der Waals surface area contributed by atoms with E-state index in [1.165, 1.54) is 120 Å². The molecule has 0 saturated carbocycles. The van der Waals surface area contributed by atoms with E-state index in [9.17, 15) is 0 Å². The standard InChI is InChI=1S/C72H42O2/c1-5-19-59-55(15-1)69(56-16-2-6-20-60(56)71(59)49-33-35-67-63(41-49)53-13-9-11-23-65(53)73-67)47-31-27-43-25-29-45(37-51(43)39-47)46-30-26-44-28-32-48(40-52(44)38-46)70-57-17-3-7-21-61(57)72(62-22-8-4-18-58(62)70)50-34-36-68-64(42-50)54-14-10-12-24-66(54)74-68/h1-42H. The molecule has 74 heavy (non-hydrogen) atoms. The lowest BCUT2D eigenvalue weighted by atomic mass is 9.85. The van der Waals surface area contributed by atoms with Crippen molar-refractivity contribution in [3.05, 3.63) is 255 Å². The molecule has 0 N–H and O–H groups in total. The van der Waals surface area contributed by atoms with Crippen molar-refractivity contribution >= 4 is 109 Å². The zero-order valence-electron chi connectivity index (χ0n) is 40.1. The average molecular weight is 939 g/mol. The molecule has 2 nitrogen and oxygen atoms in total. The highest BCUT2D eigenvalue weighted by atomic mass is 16.3. The lowest BCUT2D eigenvalue weighted by Gasteiger charge is -2.18. The van der Waals surface area contributed by atoms with Crippen LogP contribution in [0.1, 0.15) is 0 Å². The molecule has 0 saturated heterocycles. The van der Waals surface area contributed by atoms with Crippen LogP contribution < -0.4 is 0 Å². The highest BCUT2D eigenvalue weighted by Gasteiger charge is 2.21. The maximum Gasteiger partial charge on any atom is 0.135 e. The lowest BCUT2D eigenvalue weighted by Crippen LogP contribution is -1.91.